The SMILES string of the molecule is CCn1cc(S(=O)(=O)NC2(C)CCOC2C)cc1CNC. The number of sulfonamides is 1. The molecule has 1 saturated heterocycles. The van der Waals surface area contributed by atoms with Gasteiger partial charge in [0.2, 0.25) is 10.0 Å². The van der Waals surface area contributed by atoms with Crippen molar-refractivity contribution in [3.8, 4) is 0 Å². The van der Waals surface area contributed by atoms with Gasteiger partial charge in [0.05, 0.1) is 16.5 Å². The highest BCUT2D eigenvalue weighted by atomic mass is 32.2. The summed E-state index contributed by atoms with van der Waals surface area (Å²) in [5.41, 5.74) is 0.414. The van der Waals surface area contributed by atoms with E-state index in [1.54, 1.807) is 12.3 Å². The van der Waals surface area contributed by atoms with Crippen molar-refractivity contribution in [1.29, 1.82) is 0 Å². The summed E-state index contributed by atoms with van der Waals surface area (Å²) in [5, 5.41) is 3.06. The molecule has 0 bridgehead atoms. The van der Waals surface area contributed by atoms with Crippen LogP contribution >= 0.6 is 0 Å². The molecule has 21 heavy (non-hydrogen) atoms. The predicted octanol–water partition coefficient (Wildman–Crippen LogP) is 1.07. The molecule has 2 atom stereocenters. The molecule has 0 radical (unpaired) electrons. The molecule has 2 heterocycles. The van der Waals surface area contributed by atoms with Gasteiger partial charge < -0.3 is 14.6 Å². The summed E-state index contributed by atoms with van der Waals surface area (Å²) < 4.78 is 35.5. The molecule has 1 aromatic heterocycles. The standard InChI is InChI=1S/C14H25N3O3S/c1-5-17-10-13(8-12(17)9-15-4)21(18,19)16-14(3)6-7-20-11(14)2/h8,10-11,15-16H,5-7,9H2,1-4H3. The van der Waals surface area contributed by atoms with Gasteiger partial charge >= 0.3 is 0 Å². The average molecular weight is 315 g/mol. The maximum atomic E-state index is 12.6. The summed E-state index contributed by atoms with van der Waals surface area (Å²) in [6.07, 6.45) is 2.25. The Bertz CT molecular complexity index is 597. The Hall–Kier alpha value is -0.890. The van der Waals surface area contributed by atoms with E-state index in [2.05, 4.69) is 10.0 Å². The molecule has 6 nitrogen and oxygen atoms in total. The Kier molecular flexibility index (Phi) is 4.77. The van der Waals surface area contributed by atoms with Crippen molar-refractivity contribution in [1.82, 2.24) is 14.6 Å². The van der Waals surface area contributed by atoms with Crippen LogP contribution in [0, 0.1) is 0 Å². The number of hydrogen-bond acceptors (Lipinski definition) is 4. The molecule has 1 aromatic rings. The van der Waals surface area contributed by atoms with Crippen LogP contribution in [0.25, 0.3) is 0 Å². The van der Waals surface area contributed by atoms with Crippen LogP contribution in [0.3, 0.4) is 0 Å². The second-order valence-corrected chi connectivity index (χ2v) is 7.45. The van der Waals surface area contributed by atoms with E-state index in [0.29, 0.717) is 24.5 Å². The van der Waals surface area contributed by atoms with Gasteiger partial charge in [-0.3, -0.25) is 0 Å². The van der Waals surface area contributed by atoms with E-state index in [9.17, 15) is 8.42 Å². The topological polar surface area (TPSA) is 72.4 Å². The minimum absolute atomic E-state index is 0.127. The third-order valence-corrected chi connectivity index (χ3v) is 5.80. The smallest absolute Gasteiger partial charge is 0.242 e. The molecule has 1 fully saturated rings. The summed E-state index contributed by atoms with van der Waals surface area (Å²) in [6.45, 7) is 7.76. The van der Waals surface area contributed by atoms with Crippen LogP contribution in [-0.4, -0.2) is 38.3 Å². The minimum atomic E-state index is -3.54. The Morgan fingerprint density at radius 2 is 2.24 bits per heavy atom. The highest BCUT2D eigenvalue weighted by Crippen LogP contribution is 2.27. The molecule has 0 aromatic carbocycles. The monoisotopic (exact) mass is 315 g/mol. The molecular weight excluding hydrogens is 290 g/mol. The lowest BCUT2D eigenvalue weighted by molar-refractivity contribution is 0.0957. The number of nitrogens with zero attached hydrogens (tertiary/aromatic N) is 1. The summed E-state index contributed by atoms with van der Waals surface area (Å²) in [6, 6.07) is 1.73. The van der Waals surface area contributed by atoms with Gasteiger partial charge in [-0.25, -0.2) is 13.1 Å². The third kappa shape index (κ3) is 3.31. The zero-order valence-electron chi connectivity index (χ0n) is 13.1. The Labute approximate surface area is 126 Å². The maximum absolute atomic E-state index is 12.6. The van der Waals surface area contributed by atoms with Gasteiger partial charge in [-0.05, 0) is 40.3 Å². The lowest BCUT2D eigenvalue weighted by atomic mass is 9.97. The van der Waals surface area contributed by atoms with Gasteiger partial charge in [-0.1, -0.05) is 0 Å². The molecule has 1 aliphatic rings. The molecule has 0 spiro atoms. The molecule has 7 heteroatoms. The van der Waals surface area contributed by atoms with Crippen molar-refractivity contribution in [3.05, 3.63) is 18.0 Å². The lowest BCUT2D eigenvalue weighted by Gasteiger charge is -2.28. The van der Waals surface area contributed by atoms with Crippen LogP contribution in [-0.2, 0) is 27.8 Å². The molecule has 1 aliphatic heterocycles. The van der Waals surface area contributed by atoms with Crippen LogP contribution < -0.4 is 10.0 Å². The van der Waals surface area contributed by atoms with Gasteiger partial charge in [-0.15, -0.1) is 0 Å². The Morgan fingerprint density at radius 3 is 2.76 bits per heavy atom. The van der Waals surface area contributed by atoms with Crippen molar-refractivity contribution in [2.24, 2.45) is 0 Å². The van der Waals surface area contributed by atoms with E-state index in [-0.39, 0.29) is 6.10 Å². The van der Waals surface area contributed by atoms with Gasteiger partial charge in [-0.2, -0.15) is 0 Å². The third-order valence-electron chi connectivity index (χ3n) is 4.22. The Balaban J connectivity index is 2.27. The zero-order chi connectivity index (χ0) is 15.7. The summed E-state index contributed by atoms with van der Waals surface area (Å²) in [4.78, 5) is 0.315. The molecule has 2 unspecified atom stereocenters. The maximum Gasteiger partial charge on any atom is 0.242 e. The summed E-state index contributed by atoms with van der Waals surface area (Å²) >= 11 is 0. The molecular formula is C14H25N3O3S. The van der Waals surface area contributed by atoms with Crippen molar-refractivity contribution in [2.45, 2.75) is 56.8 Å². The normalized spacial score (nSPS) is 26.4. The molecule has 0 amide bonds. The molecule has 2 rings (SSSR count). The van der Waals surface area contributed by atoms with E-state index in [1.807, 2.05) is 32.4 Å². The van der Waals surface area contributed by atoms with Crippen LogP contribution in [0.1, 0.15) is 32.9 Å². The van der Waals surface area contributed by atoms with Crippen molar-refractivity contribution >= 4 is 10.0 Å². The second kappa shape index (κ2) is 6.08. The predicted molar refractivity (Wildman–Crippen MR) is 81.6 cm³/mol. The van der Waals surface area contributed by atoms with Crippen LogP contribution in [0.2, 0.25) is 0 Å². The quantitative estimate of drug-likeness (QED) is 0.824. The van der Waals surface area contributed by atoms with Gasteiger partial charge in [0.1, 0.15) is 0 Å². The molecule has 0 aliphatic carbocycles. The van der Waals surface area contributed by atoms with Crippen molar-refractivity contribution in [3.63, 3.8) is 0 Å². The first-order chi connectivity index (χ1) is 9.82. The van der Waals surface area contributed by atoms with Crippen LogP contribution in [0.4, 0.5) is 0 Å². The van der Waals surface area contributed by atoms with Gasteiger partial charge in [0.15, 0.2) is 0 Å². The van der Waals surface area contributed by atoms with E-state index in [4.69, 9.17) is 4.74 Å². The van der Waals surface area contributed by atoms with Crippen molar-refractivity contribution in [2.75, 3.05) is 13.7 Å². The van der Waals surface area contributed by atoms with E-state index >= 15 is 0 Å². The largest absolute Gasteiger partial charge is 0.376 e. The molecule has 0 saturated carbocycles. The van der Waals surface area contributed by atoms with Crippen LogP contribution in [0.5, 0.6) is 0 Å². The number of aryl methyl sites for hydroxylation is 1. The number of nitrogens with one attached hydrogen (secondary N) is 2. The number of rotatable bonds is 6. The highest BCUT2D eigenvalue weighted by Gasteiger charge is 2.40. The fourth-order valence-corrected chi connectivity index (χ4v) is 4.19. The van der Waals surface area contributed by atoms with Gasteiger partial charge in [0.25, 0.3) is 0 Å². The number of hydrogen-bond donors (Lipinski definition) is 2. The Morgan fingerprint density at radius 1 is 1.52 bits per heavy atom. The van der Waals surface area contributed by atoms with Gasteiger partial charge in [0, 0.05) is 31.6 Å². The average Bonchev–Trinajstić information content (AvgIpc) is 2.95. The fraction of sp³-hybridized carbons (Fsp3) is 0.714. The zero-order valence-corrected chi connectivity index (χ0v) is 14.0. The summed E-state index contributed by atoms with van der Waals surface area (Å²) in [7, 11) is -1.70. The first-order valence-corrected chi connectivity index (χ1v) is 8.80. The minimum Gasteiger partial charge on any atom is -0.376 e. The number of aromatic nitrogens is 1. The van der Waals surface area contributed by atoms with Crippen molar-refractivity contribution < 1.29 is 13.2 Å². The fourth-order valence-electron chi connectivity index (χ4n) is 2.63. The summed E-state index contributed by atoms with van der Waals surface area (Å²) in [5.74, 6) is 0. The van der Waals surface area contributed by atoms with E-state index < -0.39 is 15.6 Å². The van der Waals surface area contributed by atoms with E-state index in [0.717, 1.165) is 12.2 Å². The van der Waals surface area contributed by atoms with E-state index in [1.165, 1.54) is 0 Å². The number of ether oxygens (including phenoxy) is 1. The highest BCUT2D eigenvalue weighted by molar-refractivity contribution is 7.89. The molecule has 2 N–H and O–H groups in total. The second-order valence-electron chi connectivity index (χ2n) is 5.77. The lowest BCUT2D eigenvalue weighted by Crippen LogP contribution is -2.50. The first-order valence-electron chi connectivity index (χ1n) is 7.31. The first kappa shape index (κ1) is 16.5. The molecule has 120 valence electrons. The van der Waals surface area contributed by atoms with Crippen LogP contribution in [0.15, 0.2) is 17.2 Å².